The van der Waals surface area contributed by atoms with Crippen molar-refractivity contribution in [1.82, 2.24) is 10.2 Å². The van der Waals surface area contributed by atoms with Gasteiger partial charge in [0.25, 0.3) is 0 Å². The van der Waals surface area contributed by atoms with E-state index in [1.165, 1.54) is 19.3 Å². The van der Waals surface area contributed by atoms with Crippen molar-refractivity contribution in [1.29, 1.82) is 0 Å². The zero-order valence-corrected chi connectivity index (χ0v) is 11.9. The van der Waals surface area contributed by atoms with Crippen molar-refractivity contribution in [3.63, 3.8) is 0 Å². The second-order valence-corrected chi connectivity index (χ2v) is 5.96. The molecule has 0 bridgehead atoms. The minimum Gasteiger partial charge on any atom is -0.395 e. The third kappa shape index (κ3) is 4.57. The van der Waals surface area contributed by atoms with Gasteiger partial charge >= 0.3 is 0 Å². The summed E-state index contributed by atoms with van der Waals surface area (Å²) in [6, 6.07) is 0.658. The van der Waals surface area contributed by atoms with Crippen LogP contribution in [0.1, 0.15) is 33.1 Å². The maximum Gasteiger partial charge on any atom is 0.0558 e. The fourth-order valence-electron chi connectivity index (χ4n) is 3.15. The van der Waals surface area contributed by atoms with Gasteiger partial charge in [0.15, 0.2) is 0 Å². The average Bonchev–Trinajstić information content (AvgIpc) is 2.29. The first-order valence-corrected chi connectivity index (χ1v) is 7.05. The molecule has 1 saturated carbocycles. The molecule has 3 atom stereocenters. The van der Waals surface area contributed by atoms with E-state index in [0.717, 1.165) is 30.8 Å². The van der Waals surface area contributed by atoms with Crippen LogP contribution in [-0.2, 0) is 0 Å². The summed E-state index contributed by atoms with van der Waals surface area (Å²) in [5.41, 5.74) is 0. The maximum absolute atomic E-state index is 8.97. The lowest BCUT2D eigenvalue weighted by Crippen LogP contribution is -2.45. The third-order valence-electron chi connectivity index (χ3n) is 4.36. The largest absolute Gasteiger partial charge is 0.395 e. The first kappa shape index (κ1) is 14.9. The Hall–Kier alpha value is -0.120. The molecule has 0 radical (unpaired) electrons. The van der Waals surface area contributed by atoms with Gasteiger partial charge in [-0.2, -0.15) is 0 Å². The maximum atomic E-state index is 8.97. The summed E-state index contributed by atoms with van der Waals surface area (Å²) in [5.74, 6) is 2.42. The highest BCUT2D eigenvalue weighted by Crippen LogP contribution is 2.34. The van der Waals surface area contributed by atoms with Gasteiger partial charge in [-0.05, 0) is 51.1 Å². The molecule has 3 nitrogen and oxygen atoms in total. The zero-order valence-electron chi connectivity index (χ0n) is 11.9. The SMILES string of the molecule is CNC1CCC(C(C)C)CC1CN(C)CCO. The Balaban J connectivity index is 2.50. The van der Waals surface area contributed by atoms with Gasteiger partial charge in [-0.15, -0.1) is 0 Å². The predicted molar refractivity (Wildman–Crippen MR) is 73.1 cm³/mol. The highest BCUT2D eigenvalue weighted by atomic mass is 16.3. The van der Waals surface area contributed by atoms with Crippen LogP contribution in [0.15, 0.2) is 0 Å². The van der Waals surface area contributed by atoms with E-state index in [0.29, 0.717) is 6.04 Å². The Morgan fingerprint density at radius 2 is 2.06 bits per heavy atom. The van der Waals surface area contributed by atoms with Crippen LogP contribution in [0.3, 0.4) is 0 Å². The number of hydrogen-bond donors (Lipinski definition) is 2. The monoisotopic (exact) mass is 242 g/mol. The van der Waals surface area contributed by atoms with Gasteiger partial charge in [0.1, 0.15) is 0 Å². The van der Waals surface area contributed by atoms with E-state index in [4.69, 9.17) is 5.11 Å². The predicted octanol–water partition coefficient (Wildman–Crippen LogP) is 1.57. The molecule has 0 aromatic heterocycles. The third-order valence-corrected chi connectivity index (χ3v) is 4.36. The first-order chi connectivity index (χ1) is 8.08. The lowest BCUT2D eigenvalue weighted by Gasteiger charge is -2.39. The average molecular weight is 242 g/mol. The molecular formula is C14H30N2O. The molecular weight excluding hydrogens is 212 g/mol. The second kappa shape index (κ2) is 7.34. The molecule has 3 heteroatoms. The molecule has 0 aromatic carbocycles. The van der Waals surface area contributed by atoms with Crippen LogP contribution in [-0.4, -0.2) is 49.8 Å². The van der Waals surface area contributed by atoms with Crippen LogP contribution >= 0.6 is 0 Å². The van der Waals surface area contributed by atoms with Gasteiger partial charge in [-0.3, -0.25) is 0 Å². The van der Waals surface area contributed by atoms with Crippen molar-refractivity contribution >= 4 is 0 Å². The number of aliphatic hydroxyl groups is 1. The molecule has 3 unspecified atom stereocenters. The van der Waals surface area contributed by atoms with Crippen molar-refractivity contribution < 1.29 is 5.11 Å². The van der Waals surface area contributed by atoms with E-state index in [-0.39, 0.29) is 6.61 Å². The summed E-state index contributed by atoms with van der Waals surface area (Å²) in [4.78, 5) is 2.26. The number of rotatable bonds is 6. The Kier molecular flexibility index (Phi) is 6.45. The lowest BCUT2D eigenvalue weighted by molar-refractivity contribution is 0.125. The van der Waals surface area contributed by atoms with E-state index < -0.39 is 0 Å². The fourth-order valence-corrected chi connectivity index (χ4v) is 3.15. The summed E-state index contributed by atoms with van der Waals surface area (Å²) in [6.07, 6.45) is 4.00. The normalized spacial score (nSPS) is 30.2. The van der Waals surface area contributed by atoms with Crippen molar-refractivity contribution in [2.75, 3.05) is 33.8 Å². The summed E-state index contributed by atoms with van der Waals surface area (Å²) >= 11 is 0. The van der Waals surface area contributed by atoms with Crippen LogP contribution in [0.25, 0.3) is 0 Å². The van der Waals surface area contributed by atoms with Gasteiger partial charge < -0.3 is 15.3 Å². The Morgan fingerprint density at radius 1 is 1.35 bits per heavy atom. The summed E-state index contributed by atoms with van der Waals surface area (Å²) in [7, 11) is 4.20. The number of hydrogen-bond acceptors (Lipinski definition) is 3. The summed E-state index contributed by atoms with van der Waals surface area (Å²) < 4.78 is 0. The number of likely N-dealkylation sites (N-methyl/N-ethyl adjacent to an activating group) is 1. The van der Waals surface area contributed by atoms with E-state index in [2.05, 4.69) is 38.2 Å². The second-order valence-electron chi connectivity index (χ2n) is 5.96. The Morgan fingerprint density at radius 3 is 2.59 bits per heavy atom. The van der Waals surface area contributed by atoms with Gasteiger partial charge in [-0.1, -0.05) is 13.8 Å². The Bertz CT molecular complexity index is 208. The van der Waals surface area contributed by atoms with Crippen LogP contribution < -0.4 is 5.32 Å². The van der Waals surface area contributed by atoms with Crippen LogP contribution in [0, 0.1) is 17.8 Å². The van der Waals surface area contributed by atoms with Crippen molar-refractivity contribution in [3.05, 3.63) is 0 Å². The molecule has 17 heavy (non-hydrogen) atoms. The van der Waals surface area contributed by atoms with E-state index in [9.17, 15) is 0 Å². The molecule has 2 N–H and O–H groups in total. The molecule has 1 rings (SSSR count). The summed E-state index contributed by atoms with van der Waals surface area (Å²) in [5, 5.41) is 12.4. The molecule has 0 heterocycles. The van der Waals surface area contributed by atoms with Gasteiger partial charge in [0.05, 0.1) is 6.61 Å². The quantitative estimate of drug-likeness (QED) is 0.742. The molecule has 1 fully saturated rings. The highest BCUT2D eigenvalue weighted by Gasteiger charge is 2.31. The molecule has 1 aliphatic carbocycles. The minimum absolute atomic E-state index is 0.265. The smallest absolute Gasteiger partial charge is 0.0558 e. The minimum atomic E-state index is 0.265. The van der Waals surface area contributed by atoms with Crippen LogP contribution in [0.5, 0.6) is 0 Å². The lowest BCUT2D eigenvalue weighted by atomic mass is 9.73. The zero-order chi connectivity index (χ0) is 12.8. The van der Waals surface area contributed by atoms with Crippen molar-refractivity contribution in [2.24, 2.45) is 17.8 Å². The number of aliphatic hydroxyl groups excluding tert-OH is 1. The Labute approximate surface area is 107 Å². The van der Waals surface area contributed by atoms with E-state index in [1.807, 2.05) is 0 Å². The fraction of sp³-hybridized carbons (Fsp3) is 1.00. The van der Waals surface area contributed by atoms with Gasteiger partial charge in [0, 0.05) is 19.1 Å². The number of nitrogens with zero attached hydrogens (tertiary/aromatic N) is 1. The van der Waals surface area contributed by atoms with Gasteiger partial charge in [-0.25, -0.2) is 0 Å². The van der Waals surface area contributed by atoms with Crippen LogP contribution in [0.4, 0.5) is 0 Å². The molecule has 102 valence electrons. The molecule has 0 spiro atoms. The standard InChI is InChI=1S/C14H30N2O/c1-11(2)12-5-6-14(15-3)13(9-12)10-16(4)7-8-17/h11-15,17H,5-10H2,1-4H3. The first-order valence-electron chi connectivity index (χ1n) is 7.05. The number of nitrogens with one attached hydrogen (secondary N) is 1. The molecule has 0 saturated heterocycles. The van der Waals surface area contributed by atoms with Crippen molar-refractivity contribution in [3.8, 4) is 0 Å². The van der Waals surface area contributed by atoms with E-state index in [1.54, 1.807) is 0 Å². The summed E-state index contributed by atoms with van der Waals surface area (Å²) in [6.45, 7) is 6.85. The molecule has 0 amide bonds. The van der Waals surface area contributed by atoms with Crippen molar-refractivity contribution in [2.45, 2.75) is 39.2 Å². The van der Waals surface area contributed by atoms with Gasteiger partial charge in [0.2, 0.25) is 0 Å². The molecule has 0 aromatic rings. The molecule has 1 aliphatic rings. The molecule has 0 aliphatic heterocycles. The topological polar surface area (TPSA) is 35.5 Å². The van der Waals surface area contributed by atoms with E-state index >= 15 is 0 Å². The van der Waals surface area contributed by atoms with Crippen LogP contribution in [0.2, 0.25) is 0 Å². The highest BCUT2D eigenvalue weighted by molar-refractivity contribution is 4.86.